The molecule has 0 radical (unpaired) electrons. The molecule has 0 amide bonds. The summed E-state index contributed by atoms with van der Waals surface area (Å²) in [6.45, 7) is 4.34. The standard InChI is InChI=1S/C15H22N2/c1-2-3-4-7-10-16-11-13-12-17-15-9-6-5-8-14(13)15/h5-6,8-9,12,16-17H,2-4,7,10-11H2,1H3. The Hall–Kier alpha value is -1.28. The van der Waals surface area contributed by atoms with E-state index < -0.39 is 0 Å². The second kappa shape index (κ2) is 6.45. The van der Waals surface area contributed by atoms with Crippen LogP contribution in [0, 0.1) is 0 Å². The zero-order valence-electron chi connectivity index (χ0n) is 10.6. The van der Waals surface area contributed by atoms with Crippen molar-refractivity contribution in [1.29, 1.82) is 0 Å². The molecule has 0 aliphatic carbocycles. The van der Waals surface area contributed by atoms with E-state index in [1.165, 1.54) is 42.1 Å². The van der Waals surface area contributed by atoms with Gasteiger partial charge in [0.15, 0.2) is 0 Å². The lowest BCUT2D eigenvalue weighted by atomic mass is 10.1. The second-order valence-corrected chi connectivity index (χ2v) is 4.60. The molecule has 0 fully saturated rings. The molecule has 2 nitrogen and oxygen atoms in total. The molecule has 1 aromatic heterocycles. The highest BCUT2D eigenvalue weighted by atomic mass is 14.9. The highest BCUT2D eigenvalue weighted by Crippen LogP contribution is 2.17. The molecular weight excluding hydrogens is 208 g/mol. The smallest absolute Gasteiger partial charge is 0.0457 e. The average Bonchev–Trinajstić information content (AvgIpc) is 2.77. The number of H-pyrrole nitrogens is 1. The van der Waals surface area contributed by atoms with Crippen LogP contribution in [0.2, 0.25) is 0 Å². The Kier molecular flexibility index (Phi) is 4.63. The van der Waals surface area contributed by atoms with E-state index in [0.717, 1.165) is 13.1 Å². The van der Waals surface area contributed by atoms with E-state index in [0.29, 0.717) is 0 Å². The summed E-state index contributed by atoms with van der Waals surface area (Å²) < 4.78 is 0. The largest absolute Gasteiger partial charge is 0.361 e. The number of unbranched alkanes of at least 4 members (excludes halogenated alkanes) is 3. The van der Waals surface area contributed by atoms with Crippen molar-refractivity contribution in [1.82, 2.24) is 10.3 Å². The van der Waals surface area contributed by atoms with Crippen LogP contribution in [0.4, 0.5) is 0 Å². The number of hydrogen-bond acceptors (Lipinski definition) is 1. The Balaban J connectivity index is 1.79. The Labute approximate surface area is 103 Å². The topological polar surface area (TPSA) is 27.8 Å². The van der Waals surface area contributed by atoms with Gasteiger partial charge in [0.1, 0.15) is 0 Å². The minimum Gasteiger partial charge on any atom is -0.361 e. The van der Waals surface area contributed by atoms with E-state index in [9.17, 15) is 0 Å². The Morgan fingerprint density at radius 1 is 1.12 bits per heavy atom. The number of benzene rings is 1. The van der Waals surface area contributed by atoms with Gasteiger partial charge in [-0.05, 0) is 24.6 Å². The van der Waals surface area contributed by atoms with Crippen molar-refractivity contribution in [3.05, 3.63) is 36.0 Å². The molecule has 17 heavy (non-hydrogen) atoms. The molecule has 2 aromatic rings. The van der Waals surface area contributed by atoms with Crippen LogP contribution >= 0.6 is 0 Å². The number of hydrogen-bond donors (Lipinski definition) is 2. The zero-order valence-corrected chi connectivity index (χ0v) is 10.6. The third-order valence-corrected chi connectivity index (χ3v) is 3.20. The highest BCUT2D eigenvalue weighted by molar-refractivity contribution is 5.82. The summed E-state index contributed by atoms with van der Waals surface area (Å²) in [7, 11) is 0. The van der Waals surface area contributed by atoms with Crippen molar-refractivity contribution in [2.45, 2.75) is 39.2 Å². The molecule has 2 N–H and O–H groups in total. The van der Waals surface area contributed by atoms with Crippen molar-refractivity contribution in [2.24, 2.45) is 0 Å². The first kappa shape index (κ1) is 12.2. The molecule has 2 rings (SSSR count). The maximum atomic E-state index is 3.52. The van der Waals surface area contributed by atoms with E-state index in [4.69, 9.17) is 0 Å². The third kappa shape index (κ3) is 3.34. The minimum atomic E-state index is 0.968. The van der Waals surface area contributed by atoms with Gasteiger partial charge in [-0.1, -0.05) is 44.4 Å². The normalized spacial score (nSPS) is 11.1. The number of rotatable bonds is 7. The van der Waals surface area contributed by atoms with Gasteiger partial charge >= 0.3 is 0 Å². The van der Waals surface area contributed by atoms with Crippen LogP contribution in [0.3, 0.4) is 0 Å². The fraction of sp³-hybridized carbons (Fsp3) is 0.467. The van der Waals surface area contributed by atoms with Gasteiger partial charge in [0.25, 0.3) is 0 Å². The number of para-hydroxylation sites is 1. The molecule has 2 heteroatoms. The summed E-state index contributed by atoms with van der Waals surface area (Å²) in [6, 6.07) is 8.47. The summed E-state index contributed by atoms with van der Waals surface area (Å²) in [5.74, 6) is 0. The number of aromatic nitrogens is 1. The van der Waals surface area contributed by atoms with Gasteiger partial charge in [-0.15, -0.1) is 0 Å². The maximum absolute atomic E-state index is 3.52. The van der Waals surface area contributed by atoms with Crippen LogP contribution in [0.1, 0.15) is 38.2 Å². The van der Waals surface area contributed by atoms with Crippen LogP contribution in [0.15, 0.2) is 30.5 Å². The molecule has 0 bridgehead atoms. The fourth-order valence-electron chi connectivity index (χ4n) is 2.18. The lowest BCUT2D eigenvalue weighted by Crippen LogP contribution is -2.14. The van der Waals surface area contributed by atoms with Gasteiger partial charge in [0.05, 0.1) is 0 Å². The summed E-state index contributed by atoms with van der Waals surface area (Å²) in [4.78, 5) is 3.31. The maximum Gasteiger partial charge on any atom is 0.0457 e. The molecule has 0 spiro atoms. The molecule has 0 unspecified atom stereocenters. The quantitative estimate of drug-likeness (QED) is 0.695. The molecule has 0 saturated carbocycles. The zero-order chi connectivity index (χ0) is 11.9. The molecule has 1 heterocycles. The lowest BCUT2D eigenvalue weighted by molar-refractivity contribution is 0.599. The van der Waals surface area contributed by atoms with Crippen LogP contribution in [-0.4, -0.2) is 11.5 Å². The average molecular weight is 230 g/mol. The van der Waals surface area contributed by atoms with E-state index in [-0.39, 0.29) is 0 Å². The SMILES string of the molecule is CCCCCCNCc1c[nH]c2ccccc12. The van der Waals surface area contributed by atoms with Crippen molar-refractivity contribution in [3.63, 3.8) is 0 Å². The fourth-order valence-corrected chi connectivity index (χ4v) is 2.18. The highest BCUT2D eigenvalue weighted by Gasteiger charge is 2.01. The first-order valence-electron chi connectivity index (χ1n) is 6.67. The predicted molar refractivity (Wildman–Crippen MR) is 74.1 cm³/mol. The van der Waals surface area contributed by atoms with Crippen LogP contribution in [-0.2, 0) is 6.54 Å². The first-order chi connectivity index (χ1) is 8.42. The lowest BCUT2D eigenvalue weighted by Gasteiger charge is -2.03. The van der Waals surface area contributed by atoms with Gasteiger partial charge < -0.3 is 10.3 Å². The van der Waals surface area contributed by atoms with Crippen molar-refractivity contribution < 1.29 is 0 Å². The first-order valence-corrected chi connectivity index (χ1v) is 6.67. The molecule has 92 valence electrons. The van der Waals surface area contributed by atoms with E-state index in [1.54, 1.807) is 0 Å². The van der Waals surface area contributed by atoms with Crippen LogP contribution in [0.5, 0.6) is 0 Å². The Morgan fingerprint density at radius 3 is 2.88 bits per heavy atom. The van der Waals surface area contributed by atoms with Gasteiger partial charge in [-0.2, -0.15) is 0 Å². The Bertz CT molecular complexity index is 445. The van der Waals surface area contributed by atoms with Crippen molar-refractivity contribution >= 4 is 10.9 Å². The van der Waals surface area contributed by atoms with Crippen LogP contribution < -0.4 is 5.32 Å². The predicted octanol–water partition coefficient (Wildman–Crippen LogP) is 3.84. The summed E-state index contributed by atoms with van der Waals surface area (Å²) in [5.41, 5.74) is 2.60. The molecule has 0 aliphatic rings. The number of aromatic amines is 1. The molecule has 1 aromatic carbocycles. The van der Waals surface area contributed by atoms with Gasteiger partial charge in [-0.25, -0.2) is 0 Å². The Morgan fingerprint density at radius 2 is 2.00 bits per heavy atom. The number of nitrogens with one attached hydrogen (secondary N) is 2. The third-order valence-electron chi connectivity index (χ3n) is 3.20. The van der Waals surface area contributed by atoms with Crippen molar-refractivity contribution in [3.8, 4) is 0 Å². The molecule has 0 saturated heterocycles. The van der Waals surface area contributed by atoms with Crippen molar-refractivity contribution in [2.75, 3.05) is 6.54 Å². The summed E-state index contributed by atoms with van der Waals surface area (Å²) in [6.07, 6.45) is 7.41. The van der Waals surface area contributed by atoms with Gasteiger partial charge in [0, 0.05) is 23.6 Å². The summed E-state index contributed by atoms with van der Waals surface area (Å²) in [5, 5.41) is 4.86. The molecular formula is C15H22N2. The van der Waals surface area contributed by atoms with E-state index >= 15 is 0 Å². The second-order valence-electron chi connectivity index (χ2n) is 4.60. The monoisotopic (exact) mass is 230 g/mol. The van der Waals surface area contributed by atoms with E-state index in [1.807, 2.05) is 0 Å². The van der Waals surface area contributed by atoms with Gasteiger partial charge in [-0.3, -0.25) is 0 Å². The van der Waals surface area contributed by atoms with Crippen LogP contribution in [0.25, 0.3) is 10.9 Å². The summed E-state index contributed by atoms with van der Waals surface area (Å²) >= 11 is 0. The van der Waals surface area contributed by atoms with Gasteiger partial charge in [0.2, 0.25) is 0 Å². The number of fused-ring (bicyclic) bond motifs is 1. The van der Waals surface area contributed by atoms with E-state index in [2.05, 4.69) is 47.7 Å². The molecule has 0 atom stereocenters. The molecule has 0 aliphatic heterocycles. The minimum absolute atomic E-state index is 0.968.